The molecule has 0 aliphatic carbocycles. The normalized spacial score (nSPS) is 11.3. The average molecular weight is 436 g/mol. The number of nitrogens with one attached hydrogen (secondary N) is 2. The Hall–Kier alpha value is -2.63. The quantitative estimate of drug-likeness (QED) is 0.436. The first-order valence-corrected chi connectivity index (χ1v) is 11.3. The van der Waals surface area contributed by atoms with E-state index in [0.29, 0.717) is 28.4 Å². The minimum Gasteiger partial charge on any atom is -0.300 e. The summed E-state index contributed by atoms with van der Waals surface area (Å²) in [4.78, 5) is 16.9. The molecule has 1 amide bonds. The van der Waals surface area contributed by atoms with Crippen LogP contribution in [-0.2, 0) is 22.8 Å². The van der Waals surface area contributed by atoms with E-state index in [0.717, 1.165) is 17.8 Å². The van der Waals surface area contributed by atoms with Crippen molar-refractivity contribution in [2.45, 2.75) is 17.9 Å². The number of aromatic nitrogens is 4. The number of benzene rings is 1. The maximum absolute atomic E-state index is 12.3. The van der Waals surface area contributed by atoms with Gasteiger partial charge in [0.15, 0.2) is 19.7 Å². The number of aromatic amines is 1. The van der Waals surface area contributed by atoms with Gasteiger partial charge in [0.2, 0.25) is 0 Å². The van der Waals surface area contributed by atoms with Crippen LogP contribution in [0.5, 0.6) is 0 Å². The van der Waals surface area contributed by atoms with Crippen molar-refractivity contribution in [1.82, 2.24) is 19.7 Å². The summed E-state index contributed by atoms with van der Waals surface area (Å²) in [7, 11) is -3.30. The third kappa shape index (κ3) is 4.61. The summed E-state index contributed by atoms with van der Waals surface area (Å²) in [6.07, 6.45) is 3.30. The summed E-state index contributed by atoms with van der Waals surface area (Å²) < 4.78 is 25.3. The topological polar surface area (TPSA) is 110 Å². The molecule has 0 spiro atoms. The van der Waals surface area contributed by atoms with Crippen LogP contribution in [0, 0.1) is 4.77 Å². The van der Waals surface area contributed by atoms with Gasteiger partial charge in [-0.15, -0.1) is 17.9 Å². The van der Waals surface area contributed by atoms with Crippen LogP contribution in [0.2, 0.25) is 0 Å². The molecule has 146 valence electrons. The van der Waals surface area contributed by atoms with Gasteiger partial charge >= 0.3 is 0 Å². The predicted molar refractivity (Wildman–Crippen MR) is 110 cm³/mol. The average Bonchev–Trinajstić information content (AvgIpc) is 3.23. The lowest BCUT2D eigenvalue weighted by atomic mass is 10.2. The first-order valence-electron chi connectivity index (χ1n) is 8.09. The number of allylic oxidation sites excluding steroid dienone is 1. The summed E-state index contributed by atoms with van der Waals surface area (Å²) >= 11 is 6.48. The van der Waals surface area contributed by atoms with Gasteiger partial charge in [-0.25, -0.2) is 13.4 Å². The fourth-order valence-corrected chi connectivity index (χ4v) is 3.99. The molecule has 0 atom stereocenters. The molecule has 0 aliphatic heterocycles. The van der Waals surface area contributed by atoms with E-state index in [-0.39, 0.29) is 10.8 Å². The van der Waals surface area contributed by atoms with E-state index >= 15 is 0 Å². The molecule has 3 rings (SSSR count). The SMILES string of the molecule is C=CCn1c(Cc2csc(NC(=O)c3ccc(S(C)(=O)=O)cc3)n2)n[nH]c1=S. The van der Waals surface area contributed by atoms with Crippen LogP contribution in [-0.4, -0.2) is 40.3 Å². The Morgan fingerprint density at radius 3 is 2.75 bits per heavy atom. The zero-order valence-corrected chi connectivity index (χ0v) is 17.3. The van der Waals surface area contributed by atoms with Crippen molar-refractivity contribution in [3.63, 3.8) is 0 Å². The fourth-order valence-electron chi connectivity index (χ4n) is 2.43. The van der Waals surface area contributed by atoms with Crippen LogP contribution >= 0.6 is 23.6 Å². The van der Waals surface area contributed by atoms with Gasteiger partial charge in [0, 0.05) is 23.7 Å². The van der Waals surface area contributed by atoms with E-state index in [4.69, 9.17) is 12.2 Å². The molecular formula is C17H17N5O3S3. The number of hydrogen-bond acceptors (Lipinski definition) is 7. The Kier molecular flexibility index (Phi) is 5.87. The van der Waals surface area contributed by atoms with Crippen molar-refractivity contribution in [3.05, 3.63) is 64.2 Å². The van der Waals surface area contributed by atoms with E-state index < -0.39 is 9.84 Å². The number of amides is 1. The monoisotopic (exact) mass is 435 g/mol. The molecule has 0 bridgehead atoms. The fraction of sp³-hybridized carbons (Fsp3) is 0.176. The second kappa shape index (κ2) is 8.17. The second-order valence-corrected chi connectivity index (χ2v) is 9.18. The van der Waals surface area contributed by atoms with Crippen LogP contribution < -0.4 is 5.32 Å². The summed E-state index contributed by atoms with van der Waals surface area (Å²) in [6, 6.07) is 5.74. The maximum Gasteiger partial charge on any atom is 0.257 e. The second-order valence-electron chi connectivity index (χ2n) is 5.92. The number of carbonyl (C=O) groups excluding carboxylic acids is 1. The summed E-state index contributed by atoms with van der Waals surface area (Å²) in [5.74, 6) is 0.361. The molecule has 1 aromatic carbocycles. The van der Waals surface area contributed by atoms with Gasteiger partial charge in [-0.2, -0.15) is 5.10 Å². The van der Waals surface area contributed by atoms with Gasteiger partial charge in [-0.05, 0) is 36.5 Å². The molecule has 0 aliphatic rings. The first kappa shape index (κ1) is 20.1. The molecule has 0 fully saturated rings. The first-order chi connectivity index (χ1) is 13.3. The zero-order valence-electron chi connectivity index (χ0n) is 14.9. The van der Waals surface area contributed by atoms with Gasteiger partial charge in [-0.3, -0.25) is 19.8 Å². The van der Waals surface area contributed by atoms with E-state index in [1.165, 1.54) is 35.6 Å². The summed E-state index contributed by atoms with van der Waals surface area (Å²) in [6.45, 7) is 4.25. The van der Waals surface area contributed by atoms with Crippen molar-refractivity contribution in [2.75, 3.05) is 11.6 Å². The van der Waals surface area contributed by atoms with Crippen molar-refractivity contribution < 1.29 is 13.2 Å². The lowest BCUT2D eigenvalue weighted by Crippen LogP contribution is -2.12. The number of anilines is 1. The predicted octanol–water partition coefficient (Wildman–Crippen LogP) is 2.83. The van der Waals surface area contributed by atoms with Crippen LogP contribution in [0.1, 0.15) is 21.9 Å². The Balaban J connectivity index is 1.70. The molecule has 11 heteroatoms. The Morgan fingerprint density at radius 2 is 2.11 bits per heavy atom. The van der Waals surface area contributed by atoms with E-state index in [2.05, 4.69) is 27.1 Å². The molecule has 0 radical (unpaired) electrons. The third-order valence-corrected chi connectivity index (χ3v) is 6.05. The van der Waals surface area contributed by atoms with Gasteiger partial charge in [0.1, 0.15) is 5.82 Å². The molecular weight excluding hydrogens is 418 g/mol. The third-order valence-electron chi connectivity index (χ3n) is 3.81. The number of H-pyrrole nitrogens is 1. The largest absolute Gasteiger partial charge is 0.300 e. The van der Waals surface area contributed by atoms with Crippen LogP contribution in [0.4, 0.5) is 5.13 Å². The lowest BCUT2D eigenvalue weighted by Gasteiger charge is -2.03. The van der Waals surface area contributed by atoms with Crippen molar-refractivity contribution in [2.24, 2.45) is 0 Å². The summed E-state index contributed by atoms with van der Waals surface area (Å²) in [5.41, 5.74) is 1.09. The molecule has 3 aromatic rings. The summed E-state index contributed by atoms with van der Waals surface area (Å²) in [5, 5.41) is 11.9. The van der Waals surface area contributed by atoms with E-state index in [1.807, 2.05) is 9.95 Å². The van der Waals surface area contributed by atoms with Crippen molar-refractivity contribution >= 4 is 44.4 Å². The standard InChI is InChI=1S/C17H17N5O3S3/c1-3-8-22-14(20-21-17(22)26)9-12-10-27-16(18-12)19-15(23)11-4-6-13(7-5-11)28(2,24)25/h3-7,10H,1,8-9H2,2H3,(H,21,26)(H,18,19,23). The Morgan fingerprint density at radius 1 is 1.39 bits per heavy atom. The van der Waals surface area contributed by atoms with E-state index in [1.54, 1.807) is 6.08 Å². The molecule has 8 nitrogen and oxygen atoms in total. The molecule has 0 unspecified atom stereocenters. The highest BCUT2D eigenvalue weighted by molar-refractivity contribution is 7.90. The molecule has 28 heavy (non-hydrogen) atoms. The maximum atomic E-state index is 12.3. The molecule has 2 heterocycles. The van der Waals surface area contributed by atoms with Gasteiger partial charge in [0.25, 0.3) is 5.91 Å². The van der Waals surface area contributed by atoms with E-state index in [9.17, 15) is 13.2 Å². The number of carbonyl (C=O) groups is 1. The van der Waals surface area contributed by atoms with Crippen LogP contribution in [0.3, 0.4) is 0 Å². The minimum absolute atomic E-state index is 0.161. The van der Waals surface area contributed by atoms with Gasteiger partial charge < -0.3 is 0 Å². The molecule has 0 saturated carbocycles. The smallest absolute Gasteiger partial charge is 0.257 e. The minimum atomic E-state index is -3.30. The van der Waals surface area contributed by atoms with Crippen LogP contribution in [0.25, 0.3) is 0 Å². The molecule has 2 aromatic heterocycles. The Bertz CT molecular complexity index is 1170. The van der Waals surface area contributed by atoms with Gasteiger partial charge in [-0.1, -0.05) is 6.08 Å². The van der Waals surface area contributed by atoms with Gasteiger partial charge in [0.05, 0.1) is 17.0 Å². The van der Waals surface area contributed by atoms with Crippen LogP contribution in [0.15, 0.2) is 47.2 Å². The highest BCUT2D eigenvalue weighted by Crippen LogP contribution is 2.19. The number of hydrogen-bond donors (Lipinski definition) is 2. The lowest BCUT2D eigenvalue weighted by molar-refractivity contribution is 0.102. The molecule has 2 N–H and O–H groups in total. The number of rotatable bonds is 7. The molecule has 0 saturated heterocycles. The zero-order chi connectivity index (χ0) is 20.3. The van der Waals surface area contributed by atoms with Crippen molar-refractivity contribution in [3.8, 4) is 0 Å². The highest BCUT2D eigenvalue weighted by Gasteiger charge is 2.13. The number of nitrogens with zero attached hydrogens (tertiary/aromatic N) is 3. The highest BCUT2D eigenvalue weighted by atomic mass is 32.2. The van der Waals surface area contributed by atoms with Crippen molar-refractivity contribution in [1.29, 1.82) is 0 Å². The number of sulfone groups is 1. The Labute approximate surface area is 170 Å². The number of thiazole rings is 1.